The fraction of sp³-hybridized carbons (Fsp3) is 0.357. The van der Waals surface area contributed by atoms with Crippen molar-refractivity contribution in [2.45, 2.75) is 18.9 Å². The minimum absolute atomic E-state index is 0.0796. The summed E-state index contributed by atoms with van der Waals surface area (Å²) in [6.07, 6.45) is 2.07. The van der Waals surface area contributed by atoms with Crippen LogP contribution in [0.5, 0.6) is 0 Å². The zero-order valence-corrected chi connectivity index (χ0v) is 12.1. The summed E-state index contributed by atoms with van der Waals surface area (Å²) in [6, 6.07) is 6.92. The number of carbonyl (C=O) groups is 3. The summed E-state index contributed by atoms with van der Waals surface area (Å²) in [5, 5.41) is 14.0. The van der Waals surface area contributed by atoms with Gasteiger partial charge in [0.05, 0.1) is 11.5 Å². The molecular formula is C14H16N2O4S. The highest BCUT2D eigenvalue weighted by Crippen LogP contribution is 2.19. The first-order valence-corrected chi connectivity index (χ1v) is 7.70. The fourth-order valence-corrected chi connectivity index (χ4v) is 2.16. The molecule has 1 aromatic carbocycles. The van der Waals surface area contributed by atoms with E-state index in [1.54, 1.807) is 24.3 Å². The summed E-state index contributed by atoms with van der Waals surface area (Å²) in [5.74, 6) is -1.34. The van der Waals surface area contributed by atoms with Gasteiger partial charge in [0.2, 0.25) is 5.91 Å². The molecule has 0 bridgehead atoms. The van der Waals surface area contributed by atoms with Crippen LogP contribution in [0.15, 0.2) is 24.3 Å². The van der Waals surface area contributed by atoms with E-state index in [9.17, 15) is 14.4 Å². The van der Waals surface area contributed by atoms with Crippen LogP contribution >= 0.6 is 11.8 Å². The quantitative estimate of drug-likeness (QED) is 0.706. The molecule has 2 rings (SSSR count). The second-order valence-corrected chi connectivity index (χ2v) is 5.75. The van der Waals surface area contributed by atoms with Gasteiger partial charge in [-0.3, -0.25) is 14.4 Å². The molecule has 0 spiro atoms. The molecule has 1 fully saturated rings. The van der Waals surface area contributed by atoms with Crippen molar-refractivity contribution in [2.24, 2.45) is 0 Å². The zero-order valence-electron chi connectivity index (χ0n) is 11.3. The average molecular weight is 308 g/mol. The van der Waals surface area contributed by atoms with Gasteiger partial charge in [0, 0.05) is 17.3 Å². The number of aliphatic carboxylic acids is 1. The summed E-state index contributed by atoms with van der Waals surface area (Å²) in [6.45, 7) is 0. The van der Waals surface area contributed by atoms with Crippen molar-refractivity contribution in [1.29, 1.82) is 0 Å². The molecule has 1 aliphatic carbocycles. The number of hydrogen-bond acceptors (Lipinski definition) is 4. The van der Waals surface area contributed by atoms with Crippen LogP contribution in [0.2, 0.25) is 0 Å². The number of carboxylic acids is 1. The highest BCUT2D eigenvalue weighted by molar-refractivity contribution is 8.00. The molecule has 6 nitrogen and oxygen atoms in total. The van der Waals surface area contributed by atoms with Crippen molar-refractivity contribution < 1.29 is 19.5 Å². The number of nitrogens with one attached hydrogen (secondary N) is 2. The Labute approximate surface area is 126 Å². The number of anilines is 1. The maximum Gasteiger partial charge on any atom is 0.313 e. The number of carbonyl (C=O) groups excluding carboxylic acids is 2. The smallest absolute Gasteiger partial charge is 0.313 e. The predicted molar refractivity (Wildman–Crippen MR) is 80.5 cm³/mol. The lowest BCUT2D eigenvalue weighted by Gasteiger charge is -2.06. The average Bonchev–Trinajstić information content (AvgIpc) is 3.23. The number of amides is 2. The van der Waals surface area contributed by atoms with Crippen LogP contribution in [0.4, 0.5) is 5.69 Å². The largest absolute Gasteiger partial charge is 0.481 e. The van der Waals surface area contributed by atoms with E-state index in [0.717, 1.165) is 24.6 Å². The van der Waals surface area contributed by atoms with Crippen molar-refractivity contribution in [3.05, 3.63) is 29.8 Å². The van der Waals surface area contributed by atoms with Gasteiger partial charge >= 0.3 is 5.97 Å². The van der Waals surface area contributed by atoms with Crippen molar-refractivity contribution in [2.75, 3.05) is 16.8 Å². The van der Waals surface area contributed by atoms with Crippen LogP contribution in [0, 0.1) is 0 Å². The molecule has 21 heavy (non-hydrogen) atoms. The molecule has 0 unspecified atom stereocenters. The highest BCUT2D eigenvalue weighted by atomic mass is 32.2. The Morgan fingerprint density at radius 1 is 1.14 bits per heavy atom. The van der Waals surface area contributed by atoms with Gasteiger partial charge in [0.25, 0.3) is 5.91 Å². The Morgan fingerprint density at radius 2 is 1.81 bits per heavy atom. The van der Waals surface area contributed by atoms with Gasteiger partial charge in [-0.15, -0.1) is 11.8 Å². The van der Waals surface area contributed by atoms with Crippen molar-refractivity contribution in [3.63, 3.8) is 0 Å². The summed E-state index contributed by atoms with van der Waals surface area (Å²) >= 11 is 1.03. The molecule has 0 saturated heterocycles. The van der Waals surface area contributed by atoms with Crippen LogP contribution in [0.3, 0.4) is 0 Å². The lowest BCUT2D eigenvalue weighted by atomic mass is 10.2. The second kappa shape index (κ2) is 7.12. The minimum atomic E-state index is -0.946. The lowest BCUT2D eigenvalue weighted by Crippen LogP contribution is -2.25. The first-order chi connectivity index (χ1) is 10.0. The van der Waals surface area contributed by atoms with Crippen LogP contribution < -0.4 is 10.6 Å². The van der Waals surface area contributed by atoms with E-state index < -0.39 is 5.97 Å². The number of benzene rings is 1. The molecule has 2 amide bonds. The molecule has 0 aliphatic heterocycles. The lowest BCUT2D eigenvalue weighted by molar-refractivity contribution is -0.133. The van der Waals surface area contributed by atoms with E-state index in [1.807, 2.05) is 0 Å². The molecule has 0 aromatic heterocycles. The second-order valence-electron chi connectivity index (χ2n) is 4.76. The van der Waals surface area contributed by atoms with Crippen LogP contribution in [-0.2, 0) is 9.59 Å². The summed E-state index contributed by atoms with van der Waals surface area (Å²) in [7, 11) is 0. The zero-order chi connectivity index (χ0) is 15.2. The van der Waals surface area contributed by atoms with Crippen molar-refractivity contribution in [3.8, 4) is 0 Å². The van der Waals surface area contributed by atoms with E-state index >= 15 is 0 Å². The van der Waals surface area contributed by atoms with Crippen molar-refractivity contribution >= 4 is 35.2 Å². The molecule has 1 saturated carbocycles. The van der Waals surface area contributed by atoms with E-state index in [2.05, 4.69) is 10.6 Å². The van der Waals surface area contributed by atoms with Gasteiger partial charge in [-0.25, -0.2) is 0 Å². The molecule has 1 aromatic rings. The third kappa shape index (κ3) is 5.47. The Morgan fingerprint density at radius 3 is 2.38 bits per heavy atom. The predicted octanol–water partition coefficient (Wildman–Crippen LogP) is 1.34. The first-order valence-electron chi connectivity index (χ1n) is 6.55. The molecule has 0 atom stereocenters. The van der Waals surface area contributed by atoms with Gasteiger partial charge in [-0.05, 0) is 37.1 Å². The van der Waals surface area contributed by atoms with Crippen LogP contribution in [0.1, 0.15) is 23.2 Å². The topological polar surface area (TPSA) is 95.5 Å². The summed E-state index contributed by atoms with van der Waals surface area (Å²) in [4.78, 5) is 33.7. The number of thioether (sulfide) groups is 1. The Hall–Kier alpha value is -2.02. The number of carboxylic acid groups (broad SMARTS) is 1. The van der Waals surface area contributed by atoms with Gasteiger partial charge in [0.1, 0.15) is 0 Å². The highest BCUT2D eigenvalue weighted by Gasteiger charge is 2.23. The molecule has 0 heterocycles. The Kier molecular flexibility index (Phi) is 5.21. The van der Waals surface area contributed by atoms with Gasteiger partial charge in [-0.2, -0.15) is 0 Å². The number of hydrogen-bond donors (Lipinski definition) is 3. The summed E-state index contributed by atoms with van der Waals surface area (Å²) < 4.78 is 0. The Bertz CT molecular complexity index is 540. The maximum atomic E-state index is 11.8. The van der Waals surface area contributed by atoms with Gasteiger partial charge < -0.3 is 15.7 Å². The molecule has 1 aliphatic rings. The molecular weight excluding hydrogens is 292 g/mol. The first kappa shape index (κ1) is 15.4. The monoisotopic (exact) mass is 308 g/mol. The molecule has 3 N–H and O–H groups in total. The van der Waals surface area contributed by atoms with E-state index in [0.29, 0.717) is 17.3 Å². The Balaban J connectivity index is 1.79. The third-order valence-electron chi connectivity index (χ3n) is 2.80. The maximum absolute atomic E-state index is 11.8. The summed E-state index contributed by atoms with van der Waals surface area (Å²) in [5.41, 5.74) is 1.14. The molecule has 7 heteroatoms. The van der Waals surface area contributed by atoms with Gasteiger partial charge in [-0.1, -0.05) is 0 Å². The SMILES string of the molecule is O=C(O)CSCC(=O)Nc1ccc(C(=O)NC2CC2)cc1. The van der Waals surface area contributed by atoms with E-state index in [4.69, 9.17) is 5.11 Å². The van der Waals surface area contributed by atoms with Crippen molar-refractivity contribution in [1.82, 2.24) is 5.32 Å². The van der Waals surface area contributed by atoms with E-state index in [1.165, 1.54) is 0 Å². The van der Waals surface area contributed by atoms with Gasteiger partial charge in [0.15, 0.2) is 0 Å². The molecule has 112 valence electrons. The normalized spacial score (nSPS) is 13.5. The van der Waals surface area contributed by atoms with Crippen LogP contribution in [0.25, 0.3) is 0 Å². The number of rotatable bonds is 7. The molecule has 0 radical (unpaired) electrons. The fourth-order valence-electron chi connectivity index (χ4n) is 1.63. The van der Waals surface area contributed by atoms with E-state index in [-0.39, 0.29) is 23.3 Å². The van der Waals surface area contributed by atoms with Crippen LogP contribution in [-0.4, -0.2) is 40.4 Å². The third-order valence-corrected chi connectivity index (χ3v) is 3.72. The minimum Gasteiger partial charge on any atom is -0.481 e. The standard InChI is InChI=1S/C14H16N2O4S/c17-12(7-21-8-13(18)19)15-10-3-1-9(2-4-10)14(20)16-11-5-6-11/h1-4,11H,5-8H2,(H,15,17)(H,16,20)(H,18,19).